The predicted octanol–water partition coefficient (Wildman–Crippen LogP) is -0.527. The molecular formula is C10H14N2O3. The van der Waals surface area contributed by atoms with E-state index in [1.807, 2.05) is 0 Å². The predicted molar refractivity (Wildman–Crippen MR) is 54.4 cm³/mol. The number of carbonyl (C=O) groups is 1. The van der Waals surface area contributed by atoms with Gasteiger partial charge in [-0.1, -0.05) is 0 Å². The molecule has 0 radical (unpaired) electrons. The van der Waals surface area contributed by atoms with Gasteiger partial charge in [0.05, 0.1) is 18.3 Å². The summed E-state index contributed by atoms with van der Waals surface area (Å²) in [5.74, 6) is -0.298. The van der Waals surface area contributed by atoms with Gasteiger partial charge < -0.3 is 15.5 Å². The highest BCUT2D eigenvalue weighted by molar-refractivity contribution is 5.95. The first-order valence-corrected chi connectivity index (χ1v) is 4.64. The number of aryl methyl sites for hydroxylation is 1. The number of hydrogen-bond donors (Lipinski definition) is 3. The lowest BCUT2D eigenvalue weighted by Gasteiger charge is -2.09. The second-order valence-electron chi connectivity index (χ2n) is 3.18. The van der Waals surface area contributed by atoms with Crippen molar-refractivity contribution in [1.29, 1.82) is 0 Å². The average molecular weight is 210 g/mol. The lowest BCUT2D eigenvalue weighted by molar-refractivity contribution is 0.0801. The average Bonchev–Trinajstić information content (AvgIpc) is 2.26. The molecule has 1 atom stereocenters. The van der Waals surface area contributed by atoms with Crippen LogP contribution < -0.4 is 5.32 Å². The van der Waals surface area contributed by atoms with Gasteiger partial charge in [-0.2, -0.15) is 0 Å². The summed E-state index contributed by atoms with van der Waals surface area (Å²) in [7, 11) is 0. The maximum absolute atomic E-state index is 11.5. The monoisotopic (exact) mass is 210 g/mol. The van der Waals surface area contributed by atoms with Crippen LogP contribution in [-0.4, -0.2) is 40.4 Å². The molecule has 0 aromatic carbocycles. The van der Waals surface area contributed by atoms with E-state index in [1.165, 1.54) is 0 Å². The number of amides is 1. The Morgan fingerprint density at radius 2 is 2.40 bits per heavy atom. The van der Waals surface area contributed by atoms with Crippen molar-refractivity contribution >= 4 is 5.91 Å². The van der Waals surface area contributed by atoms with E-state index in [0.717, 1.165) is 0 Å². The SMILES string of the molecule is Cc1ncccc1C(=O)NCC(O)CO. The van der Waals surface area contributed by atoms with E-state index in [4.69, 9.17) is 10.2 Å². The van der Waals surface area contributed by atoms with Gasteiger partial charge in [0.1, 0.15) is 0 Å². The van der Waals surface area contributed by atoms with Gasteiger partial charge in [0.2, 0.25) is 0 Å². The fourth-order valence-electron chi connectivity index (χ4n) is 1.09. The van der Waals surface area contributed by atoms with Crippen molar-refractivity contribution in [3.8, 4) is 0 Å². The summed E-state index contributed by atoms with van der Waals surface area (Å²) in [4.78, 5) is 15.5. The molecule has 1 aromatic rings. The van der Waals surface area contributed by atoms with Crippen LogP contribution in [0.5, 0.6) is 0 Å². The Morgan fingerprint density at radius 1 is 1.67 bits per heavy atom. The molecular weight excluding hydrogens is 196 g/mol. The zero-order valence-corrected chi connectivity index (χ0v) is 8.47. The molecule has 15 heavy (non-hydrogen) atoms. The standard InChI is InChI=1S/C10H14N2O3/c1-7-9(3-2-4-11-7)10(15)12-5-8(14)6-13/h2-4,8,13-14H,5-6H2,1H3,(H,12,15). The number of rotatable bonds is 4. The van der Waals surface area contributed by atoms with E-state index in [0.29, 0.717) is 11.3 Å². The number of aromatic nitrogens is 1. The summed E-state index contributed by atoms with van der Waals surface area (Å²) in [5, 5.41) is 20.1. The van der Waals surface area contributed by atoms with Gasteiger partial charge in [-0.15, -0.1) is 0 Å². The Bertz CT molecular complexity index is 341. The Hall–Kier alpha value is -1.46. The second-order valence-corrected chi connectivity index (χ2v) is 3.18. The molecule has 1 rings (SSSR count). The molecule has 5 nitrogen and oxygen atoms in total. The van der Waals surface area contributed by atoms with Crippen molar-refractivity contribution in [1.82, 2.24) is 10.3 Å². The number of pyridine rings is 1. The minimum atomic E-state index is -0.925. The van der Waals surface area contributed by atoms with Crippen LogP contribution in [0.4, 0.5) is 0 Å². The van der Waals surface area contributed by atoms with Crippen LogP contribution in [0.15, 0.2) is 18.3 Å². The number of hydrogen-bond acceptors (Lipinski definition) is 4. The molecule has 1 heterocycles. The molecule has 3 N–H and O–H groups in total. The van der Waals surface area contributed by atoms with Gasteiger partial charge in [-0.25, -0.2) is 0 Å². The van der Waals surface area contributed by atoms with Gasteiger partial charge in [0, 0.05) is 18.4 Å². The molecule has 1 aromatic heterocycles. The minimum Gasteiger partial charge on any atom is -0.394 e. The van der Waals surface area contributed by atoms with E-state index in [2.05, 4.69) is 10.3 Å². The Labute approximate surface area is 87.8 Å². The molecule has 0 saturated carbocycles. The highest BCUT2D eigenvalue weighted by Crippen LogP contribution is 2.02. The van der Waals surface area contributed by atoms with Crippen molar-refractivity contribution in [2.24, 2.45) is 0 Å². The van der Waals surface area contributed by atoms with Gasteiger partial charge >= 0.3 is 0 Å². The van der Waals surface area contributed by atoms with E-state index in [-0.39, 0.29) is 19.1 Å². The van der Waals surface area contributed by atoms with Gasteiger partial charge in [0.15, 0.2) is 0 Å². The largest absolute Gasteiger partial charge is 0.394 e. The van der Waals surface area contributed by atoms with Crippen molar-refractivity contribution < 1.29 is 15.0 Å². The van der Waals surface area contributed by atoms with Crippen molar-refractivity contribution in [2.75, 3.05) is 13.2 Å². The summed E-state index contributed by atoms with van der Waals surface area (Å²) >= 11 is 0. The lowest BCUT2D eigenvalue weighted by atomic mass is 10.2. The molecule has 1 unspecified atom stereocenters. The number of nitrogens with one attached hydrogen (secondary N) is 1. The highest BCUT2D eigenvalue weighted by atomic mass is 16.3. The molecule has 1 amide bonds. The number of carbonyl (C=O) groups excluding carboxylic acids is 1. The Morgan fingerprint density at radius 3 is 3.00 bits per heavy atom. The molecule has 0 aliphatic carbocycles. The first kappa shape index (κ1) is 11.6. The summed E-state index contributed by atoms with van der Waals surface area (Å²) < 4.78 is 0. The van der Waals surface area contributed by atoms with Gasteiger partial charge in [-0.3, -0.25) is 9.78 Å². The van der Waals surface area contributed by atoms with Crippen molar-refractivity contribution in [2.45, 2.75) is 13.0 Å². The maximum atomic E-state index is 11.5. The third-order valence-corrected chi connectivity index (χ3v) is 1.96. The molecule has 5 heteroatoms. The van der Waals surface area contributed by atoms with Crippen LogP contribution in [0.3, 0.4) is 0 Å². The molecule has 0 fully saturated rings. The zero-order chi connectivity index (χ0) is 11.3. The zero-order valence-electron chi connectivity index (χ0n) is 8.47. The van der Waals surface area contributed by atoms with Crippen LogP contribution in [0.25, 0.3) is 0 Å². The smallest absolute Gasteiger partial charge is 0.253 e. The molecule has 0 aliphatic rings. The summed E-state index contributed by atoms with van der Waals surface area (Å²) in [5.41, 5.74) is 1.11. The first-order valence-electron chi connectivity index (χ1n) is 4.64. The minimum absolute atomic E-state index is 0.0314. The van der Waals surface area contributed by atoms with Crippen molar-refractivity contribution in [3.05, 3.63) is 29.6 Å². The maximum Gasteiger partial charge on any atom is 0.253 e. The number of nitrogens with zero attached hydrogens (tertiary/aromatic N) is 1. The molecule has 0 saturated heterocycles. The normalized spacial score (nSPS) is 12.2. The number of aliphatic hydroxyl groups is 2. The Kier molecular flexibility index (Phi) is 4.20. The first-order chi connectivity index (χ1) is 7.15. The highest BCUT2D eigenvalue weighted by Gasteiger charge is 2.10. The van der Waals surface area contributed by atoms with E-state index >= 15 is 0 Å². The molecule has 0 bridgehead atoms. The summed E-state index contributed by atoms with van der Waals surface area (Å²) in [6.45, 7) is 1.40. The third-order valence-electron chi connectivity index (χ3n) is 1.96. The fourth-order valence-corrected chi connectivity index (χ4v) is 1.09. The van der Waals surface area contributed by atoms with E-state index in [9.17, 15) is 4.79 Å². The quantitative estimate of drug-likeness (QED) is 0.624. The van der Waals surface area contributed by atoms with Crippen LogP contribution >= 0.6 is 0 Å². The third kappa shape index (κ3) is 3.30. The molecule has 0 spiro atoms. The molecule has 82 valence electrons. The van der Waals surface area contributed by atoms with Crippen LogP contribution in [0.2, 0.25) is 0 Å². The van der Waals surface area contributed by atoms with E-state index < -0.39 is 6.10 Å². The van der Waals surface area contributed by atoms with Crippen LogP contribution in [-0.2, 0) is 0 Å². The van der Waals surface area contributed by atoms with Gasteiger partial charge in [-0.05, 0) is 19.1 Å². The summed E-state index contributed by atoms with van der Waals surface area (Å²) in [6, 6.07) is 3.33. The van der Waals surface area contributed by atoms with Crippen LogP contribution in [0, 0.1) is 6.92 Å². The van der Waals surface area contributed by atoms with Crippen LogP contribution in [0.1, 0.15) is 16.1 Å². The lowest BCUT2D eigenvalue weighted by Crippen LogP contribution is -2.34. The summed E-state index contributed by atoms with van der Waals surface area (Å²) in [6.07, 6.45) is 0.681. The van der Waals surface area contributed by atoms with E-state index in [1.54, 1.807) is 25.3 Å². The second kappa shape index (κ2) is 5.43. The Balaban J connectivity index is 2.58. The molecule has 0 aliphatic heterocycles. The van der Waals surface area contributed by atoms with Gasteiger partial charge in [0.25, 0.3) is 5.91 Å². The van der Waals surface area contributed by atoms with Crippen molar-refractivity contribution in [3.63, 3.8) is 0 Å². The number of aliphatic hydroxyl groups excluding tert-OH is 2. The fraction of sp³-hybridized carbons (Fsp3) is 0.400. The topological polar surface area (TPSA) is 82.5 Å².